The maximum absolute atomic E-state index is 5.60. The molecule has 0 saturated carbocycles. The molecule has 0 bridgehead atoms. The summed E-state index contributed by atoms with van der Waals surface area (Å²) in [7, 11) is 0. The average Bonchev–Trinajstić information content (AvgIpc) is 2.30. The van der Waals surface area contributed by atoms with E-state index in [2.05, 4.69) is 0 Å². The highest BCUT2D eigenvalue weighted by atomic mass is 35.6. The normalized spacial score (nSPS) is 32.2. The van der Waals surface area contributed by atoms with Gasteiger partial charge in [-0.15, -0.1) is 5.06 Å². The molecule has 0 aliphatic carbocycles. The van der Waals surface area contributed by atoms with Crippen molar-refractivity contribution in [3.63, 3.8) is 0 Å². The van der Waals surface area contributed by atoms with Gasteiger partial charge in [0.05, 0.1) is 0 Å². The highest BCUT2D eigenvalue weighted by Gasteiger charge is 2.56. The smallest absolute Gasteiger partial charge is 0.233 e. The fourth-order valence-electron chi connectivity index (χ4n) is 0.783. The Bertz CT molecular complexity index is 142. The summed E-state index contributed by atoms with van der Waals surface area (Å²) >= 11 is 16.8. The largest absolute Gasteiger partial charge is 0.270 e. The van der Waals surface area contributed by atoms with E-state index in [1.54, 1.807) is 5.06 Å². The Morgan fingerprint density at radius 1 is 1.18 bits per heavy atom. The monoisotopic (exact) mass is 217 g/mol. The Morgan fingerprint density at radius 2 is 1.64 bits per heavy atom. The summed E-state index contributed by atoms with van der Waals surface area (Å²) < 4.78 is -1.34. The molecule has 1 fully saturated rings. The summed E-state index contributed by atoms with van der Waals surface area (Å²) in [5.41, 5.74) is -0.103. The van der Waals surface area contributed by atoms with Gasteiger partial charge < -0.3 is 0 Å². The van der Waals surface area contributed by atoms with E-state index in [-0.39, 0.29) is 5.54 Å². The molecule has 0 spiro atoms. The molecule has 2 unspecified atom stereocenters. The summed E-state index contributed by atoms with van der Waals surface area (Å²) in [6.07, 6.45) is -0.396. The first kappa shape index (κ1) is 9.87. The molecule has 1 heterocycles. The van der Waals surface area contributed by atoms with Gasteiger partial charge >= 0.3 is 0 Å². The lowest BCUT2D eigenvalue weighted by molar-refractivity contribution is 0.101. The van der Waals surface area contributed by atoms with Crippen molar-refractivity contribution in [3.05, 3.63) is 0 Å². The molecule has 1 rings (SSSR count). The third-order valence-electron chi connectivity index (χ3n) is 1.32. The van der Waals surface area contributed by atoms with Crippen LogP contribution in [0.15, 0.2) is 0 Å². The highest BCUT2D eigenvalue weighted by molar-refractivity contribution is 6.68. The van der Waals surface area contributed by atoms with Crippen LogP contribution >= 0.6 is 34.8 Å². The molecule has 0 aromatic rings. The van der Waals surface area contributed by atoms with Gasteiger partial charge in [-0.05, 0) is 20.8 Å². The zero-order chi connectivity index (χ0) is 8.86. The van der Waals surface area contributed by atoms with Gasteiger partial charge in [0.2, 0.25) is 10.0 Å². The summed E-state index contributed by atoms with van der Waals surface area (Å²) in [5.74, 6) is 0. The van der Waals surface area contributed by atoms with Crippen molar-refractivity contribution in [1.82, 2.24) is 5.06 Å². The SMILES string of the molecule is CC(C)(C)N1OC1C(Cl)(Cl)Cl. The predicted molar refractivity (Wildman–Crippen MR) is 46.8 cm³/mol. The van der Waals surface area contributed by atoms with Crippen molar-refractivity contribution in [2.24, 2.45) is 0 Å². The average molecular weight is 219 g/mol. The fraction of sp³-hybridized carbons (Fsp3) is 1.00. The third-order valence-corrected chi connectivity index (χ3v) is 1.88. The lowest BCUT2D eigenvalue weighted by Gasteiger charge is -2.18. The number of rotatable bonds is 0. The van der Waals surface area contributed by atoms with Crippen LogP contribution in [0.25, 0.3) is 0 Å². The van der Waals surface area contributed by atoms with Crippen molar-refractivity contribution in [2.45, 2.75) is 36.3 Å². The molecule has 0 N–H and O–H groups in total. The van der Waals surface area contributed by atoms with Crippen LogP contribution in [-0.2, 0) is 4.84 Å². The van der Waals surface area contributed by atoms with Gasteiger partial charge in [0.15, 0.2) is 0 Å². The van der Waals surface area contributed by atoms with Crippen LogP contribution in [0.5, 0.6) is 0 Å². The molecule has 1 saturated heterocycles. The van der Waals surface area contributed by atoms with Crippen LogP contribution in [0.1, 0.15) is 20.8 Å². The van der Waals surface area contributed by atoms with Crippen molar-refractivity contribution < 1.29 is 4.84 Å². The first-order valence-corrected chi connectivity index (χ1v) is 4.39. The van der Waals surface area contributed by atoms with Crippen molar-refractivity contribution >= 4 is 34.8 Å². The van der Waals surface area contributed by atoms with E-state index in [9.17, 15) is 0 Å². The highest BCUT2D eigenvalue weighted by Crippen LogP contribution is 2.45. The summed E-state index contributed by atoms with van der Waals surface area (Å²) in [6.45, 7) is 5.97. The standard InChI is InChI=1S/C6H10Cl3NO/c1-5(2,3)10-4(11-10)6(7,8)9/h4H,1-3H3. The van der Waals surface area contributed by atoms with Gasteiger partial charge in [-0.25, -0.2) is 0 Å². The summed E-state index contributed by atoms with van der Waals surface area (Å²) in [6, 6.07) is 0. The lowest BCUT2D eigenvalue weighted by Crippen LogP contribution is -2.31. The Morgan fingerprint density at radius 3 is 1.73 bits per heavy atom. The van der Waals surface area contributed by atoms with Gasteiger partial charge in [-0.1, -0.05) is 34.8 Å². The number of nitrogens with zero attached hydrogens (tertiary/aromatic N) is 1. The minimum atomic E-state index is -1.34. The van der Waals surface area contributed by atoms with E-state index in [0.717, 1.165) is 0 Å². The van der Waals surface area contributed by atoms with Crippen LogP contribution in [0, 0.1) is 0 Å². The lowest BCUT2D eigenvalue weighted by atomic mass is 10.1. The Labute approximate surface area is 81.3 Å². The Balaban J connectivity index is 2.51. The molecule has 1 aliphatic rings. The fourth-order valence-corrected chi connectivity index (χ4v) is 1.17. The second-order valence-corrected chi connectivity index (χ2v) is 5.86. The van der Waals surface area contributed by atoms with Crippen LogP contribution in [-0.4, -0.2) is 20.6 Å². The number of hydroxylamine groups is 2. The van der Waals surface area contributed by atoms with Crippen LogP contribution < -0.4 is 0 Å². The Hall–Kier alpha value is 0.790. The maximum Gasteiger partial charge on any atom is 0.233 e. The first-order chi connectivity index (χ1) is 4.73. The predicted octanol–water partition coefficient (Wildman–Crippen LogP) is 2.73. The molecule has 11 heavy (non-hydrogen) atoms. The molecule has 0 radical (unpaired) electrons. The number of hydrogen-bond acceptors (Lipinski definition) is 2. The van der Waals surface area contributed by atoms with E-state index < -0.39 is 10.0 Å². The van der Waals surface area contributed by atoms with E-state index in [1.165, 1.54) is 0 Å². The van der Waals surface area contributed by atoms with E-state index >= 15 is 0 Å². The van der Waals surface area contributed by atoms with Crippen LogP contribution in [0.4, 0.5) is 0 Å². The zero-order valence-electron chi connectivity index (χ0n) is 6.57. The number of hydrogen-bond donors (Lipinski definition) is 0. The summed E-state index contributed by atoms with van der Waals surface area (Å²) in [4.78, 5) is 5.08. The molecular formula is C6H10Cl3NO. The molecule has 0 aromatic heterocycles. The second-order valence-electron chi connectivity index (χ2n) is 3.50. The van der Waals surface area contributed by atoms with Crippen molar-refractivity contribution in [1.29, 1.82) is 0 Å². The molecule has 5 heteroatoms. The van der Waals surface area contributed by atoms with Gasteiger partial charge in [0.1, 0.15) is 0 Å². The van der Waals surface area contributed by atoms with Gasteiger partial charge in [-0.2, -0.15) is 0 Å². The molecular weight excluding hydrogens is 208 g/mol. The van der Waals surface area contributed by atoms with Gasteiger partial charge in [0, 0.05) is 5.54 Å². The van der Waals surface area contributed by atoms with Crippen molar-refractivity contribution in [3.8, 4) is 0 Å². The zero-order valence-corrected chi connectivity index (χ0v) is 8.83. The topological polar surface area (TPSA) is 15.5 Å². The molecule has 2 atom stereocenters. The van der Waals surface area contributed by atoms with E-state index in [1.807, 2.05) is 20.8 Å². The quantitative estimate of drug-likeness (QED) is 0.459. The molecule has 1 aliphatic heterocycles. The van der Waals surface area contributed by atoms with Crippen LogP contribution in [0.2, 0.25) is 0 Å². The van der Waals surface area contributed by atoms with E-state index in [4.69, 9.17) is 39.6 Å². The first-order valence-electron chi connectivity index (χ1n) is 3.26. The molecule has 2 nitrogen and oxygen atoms in total. The Kier molecular flexibility index (Phi) is 2.37. The number of alkyl halides is 3. The summed E-state index contributed by atoms with van der Waals surface area (Å²) in [5, 5.41) is 1.67. The van der Waals surface area contributed by atoms with Gasteiger partial charge in [0.25, 0.3) is 0 Å². The minimum Gasteiger partial charge on any atom is -0.270 e. The maximum atomic E-state index is 5.60. The number of halogens is 3. The van der Waals surface area contributed by atoms with Crippen LogP contribution in [0.3, 0.4) is 0 Å². The van der Waals surface area contributed by atoms with Crippen molar-refractivity contribution in [2.75, 3.05) is 0 Å². The van der Waals surface area contributed by atoms with E-state index in [0.29, 0.717) is 0 Å². The molecule has 0 amide bonds. The molecule has 0 aromatic carbocycles. The molecule has 66 valence electrons. The van der Waals surface area contributed by atoms with Gasteiger partial charge in [-0.3, -0.25) is 4.84 Å². The second kappa shape index (κ2) is 2.64. The third kappa shape index (κ3) is 2.36. The minimum absolute atomic E-state index is 0.103.